The van der Waals surface area contributed by atoms with E-state index >= 15 is 0 Å². The van der Waals surface area contributed by atoms with Crippen LogP contribution >= 0.6 is 11.8 Å². The Morgan fingerprint density at radius 3 is 2.51 bits per heavy atom. The van der Waals surface area contributed by atoms with Gasteiger partial charge in [-0.3, -0.25) is 9.59 Å². The number of halogens is 1. The van der Waals surface area contributed by atoms with Gasteiger partial charge in [-0.25, -0.2) is 4.39 Å². The molecule has 1 saturated heterocycles. The Balaban J connectivity index is 1.05. The number of piperazine rings is 1. The van der Waals surface area contributed by atoms with E-state index in [0.717, 1.165) is 61.0 Å². The quantitative estimate of drug-likeness (QED) is 0.332. The van der Waals surface area contributed by atoms with Gasteiger partial charge < -0.3 is 20.4 Å². The number of nitrogens with zero attached hydrogens (tertiary/aromatic N) is 1. The van der Waals surface area contributed by atoms with Crippen molar-refractivity contribution in [3.8, 4) is 0 Å². The fraction of sp³-hybridized carbons (Fsp3) is 0.241. The van der Waals surface area contributed by atoms with Gasteiger partial charge in [0.05, 0.1) is 43.3 Å². The topological polar surface area (TPSA) is 65.9 Å². The molecule has 5 rings (SSSR count). The van der Waals surface area contributed by atoms with Crippen molar-refractivity contribution in [2.24, 2.45) is 0 Å². The minimum Gasteiger partial charge on any atom is -0.360 e. The second-order valence-electron chi connectivity index (χ2n) is 9.26. The molecule has 2 aliphatic heterocycles. The third kappa shape index (κ3) is 6.39. The summed E-state index contributed by atoms with van der Waals surface area (Å²) in [6.45, 7) is 5.60. The standard InChI is InChI=1S/C29H29FN4O2S/c30-23-10-12-24(13-11-23)34-18-16-33(17-19-34)15-3-14-31-28(35)22-8-6-21(7-9-22)20-27-29(36)32-25-4-1-2-5-26(25)37-27/h1-2,4-13,20H,3,14-19H2,(H,31,35)(H,32,36)/p+1. The molecule has 8 heteroatoms. The van der Waals surface area contributed by atoms with E-state index in [2.05, 4.69) is 15.5 Å². The number of amides is 2. The maximum Gasteiger partial charge on any atom is 0.262 e. The van der Waals surface area contributed by atoms with Crippen molar-refractivity contribution in [2.45, 2.75) is 11.3 Å². The fourth-order valence-electron chi connectivity index (χ4n) is 4.61. The molecule has 37 heavy (non-hydrogen) atoms. The molecular formula is C29H30FN4O2S+. The lowest BCUT2D eigenvalue weighted by Gasteiger charge is -2.33. The smallest absolute Gasteiger partial charge is 0.262 e. The molecule has 0 atom stereocenters. The lowest BCUT2D eigenvalue weighted by atomic mass is 10.1. The number of carbonyl (C=O) groups excluding carboxylic acids is 2. The predicted molar refractivity (Wildman–Crippen MR) is 146 cm³/mol. The highest BCUT2D eigenvalue weighted by Crippen LogP contribution is 2.38. The van der Waals surface area contributed by atoms with E-state index in [1.807, 2.05) is 54.6 Å². The van der Waals surface area contributed by atoms with Crippen LogP contribution in [0, 0.1) is 5.82 Å². The van der Waals surface area contributed by atoms with E-state index in [1.54, 1.807) is 12.1 Å². The van der Waals surface area contributed by atoms with Crippen LogP contribution in [0.5, 0.6) is 0 Å². The maximum absolute atomic E-state index is 13.1. The molecule has 0 unspecified atom stereocenters. The number of para-hydroxylation sites is 1. The first-order valence-electron chi connectivity index (χ1n) is 12.6. The molecule has 3 aromatic rings. The first-order valence-corrected chi connectivity index (χ1v) is 13.4. The van der Waals surface area contributed by atoms with Crippen LogP contribution in [0.1, 0.15) is 22.3 Å². The van der Waals surface area contributed by atoms with Gasteiger partial charge in [0.2, 0.25) is 0 Å². The van der Waals surface area contributed by atoms with Crippen LogP contribution in [0.2, 0.25) is 0 Å². The van der Waals surface area contributed by atoms with Crippen LogP contribution in [0.4, 0.5) is 15.8 Å². The summed E-state index contributed by atoms with van der Waals surface area (Å²) >= 11 is 1.45. The Morgan fingerprint density at radius 1 is 1.03 bits per heavy atom. The molecular weight excluding hydrogens is 487 g/mol. The average molecular weight is 518 g/mol. The molecule has 0 spiro atoms. The van der Waals surface area contributed by atoms with Gasteiger partial charge in [0.15, 0.2) is 0 Å². The summed E-state index contributed by atoms with van der Waals surface area (Å²) in [6, 6.07) is 21.7. The highest BCUT2D eigenvalue weighted by Gasteiger charge is 2.21. The summed E-state index contributed by atoms with van der Waals surface area (Å²) < 4.78 is 13.1. The van der Waals surface area contributed by atoms with Gasteiger partial charge in [0.1, 0.15) is 5.82 Å². The second kappa shape index (κ2) is 11.6. The summed E-state index contributed by atoms with van der Waals surface area (Å²) in [5.74, 6) is -0.416. The number of anilines is 2. The van der Waals surface area contributed by atoms with Crippen LogP contribution in [-0.2, 0) is 4.79 Å². The van der Waals surface area contributed by atoms with E-state index in [9.17, 15) is 14.0 Å². The van der Waals surface area contributed by atoms with Crippen molar-refractivity contribution in [1.82, 2.24) is 5.32 Å². The number of thioether (sulfide) groups is 1. The number of hydrogen-bond acceptors (Lipinski definition) is 4. The number of hydrogen-bond donors (Lipinski definition) is 3. The number of carbonyl (C=O) groups is 2. The van der Waals surface area contributed by atoms with E-state index in [1.165, 1.54) is 28.8 Å². The van der Waals surface area contributed by atoms with Crippen molar-refractivity contribution in [2.75, 3.05) is 49.5 Å². The second-order valence-corrected chi connectivity index (χ2v) is 10.3. The maximum atomic E-state index is 13.1. The first kappa shape index (κ1) is 25.0. The lowest BCUT2D eigenvalue weighted by Crippen LogP contribution is -3.15. The van der Waals surface area contributed by atoms with E-state index in [-0.39, 0.29) is 17.6 Å². The van der Waals surface area contributed by atoms with Crippen molar-refractivity contribution in [3.63, 3.8) is 0 Å². The third-order valence-electron chi connectivity index (χ3n) is 6.70. The molecule has 2 amide bonds. The number of nitrogens with one attached hydrogen (secondary N) is 3. The normalized spacial score (nSPS) is 16.8. The molecule has 1 fully saturated rings. The fourth-order valence-corrected chi connectivity index (χ4v) is 5.56. The molecule has 0 radical (unpaired) electrons. The van der Waals surface area contributed by atoms with Crippen molar-refractivity contribution in [1.29, 1.82) is 0 Å². The number of rotatable bonds is 7. The Kier molecular flexibility index (Phi) is 7.87. The van der Waals surface area contributed by atoms with Crippen molar-refractivity contribution in [3.05, 3.63) is 94.6 Å². The Morgan fingerprint density at radius 2 is 1.76 bits per heavy atom. The van der Waals surface area contributed by atoms with Gasteiger partial charge in [0.25, 0.3) is 11.8 Å². The minimum absolute atomic E-state index is 0.0888. The number of benzene rings is 3. The molecule has 3 N–H and O–H groups in total. The average Bonchev–Trinajstić information content (AvgIpc) is 2.93. The number of fused-ring (bicyclic) bond motifs is 1. The molecule has 2 aliphatic rings. The van der Waals surface area contributed by atoms with Gasteiger partial charge in [-0.1, -0.05) is 36.0 Å². The molecule has 2 heterocycles. The van der Waals surface area contributed by atoms with Gasteiger partial charge in [-0.2, -0.15) is 0 Å². The summed E-state index contributed by atoms with van der Waals surface area (Å²) in [5.41, 5.74) is 3.38. The molecule has 6 nitrogen and oxygen atoms in total. The zero-order valence-corrected chi connectivity index (χ0v) is 21.3. The Labute approximate surface area is 220 Å². The molecule has 0 aliphatic carbocycles. The summed E-state index contributed by atoms with van der Waals surface area (Å²) in [7, 11) is 0. The zero-order valence-electron chi connectivity index (χ0n) is 20.5. The molecule has 0 saturated carbocycles. The molecule has 0 bridgehead atoms. The summed E-state index contributed by atoms with van der Waals surface area (Å²) in [6.07, 6.45) is 2.76. The highest BCUT2D eigenvalue weighted by molar-refractivity contribution is 8.04. The van der Waals surface area contributed by atoms with Crippen molar-refractivity contribution >= 4 is 41.0 Å². The Bertz CT molecular complexity index is 1290. The van der Waals surface area contributed by atoms with E-state index < -0.39 is 0 Å². The summed E-state index contributed by atoms with van der Waals surface area (Å²) in [5, 5.41) is 5.93. The third-order valence-corrected chi connectivity index (χ3v) is 7.80. The van der Waals surface area contributed by atoms with Gasteiger partial charge >= 0.3 is 0 Å². The van der Waals surface area contributed by atoms with Crippen molar-refractivity contribution < 1.29 is 18.9 Å². The van der Waals surface area contributed by atoms with Crippen LogP contribution in [0.25, 0.3) is 6.08 Å². The monoisotopic (exact) mass is 517 g/mol. The van der Waals surface area contributed by atoms with Crippen LogP contribution in [0.15, 0.2) is 82.6 Å². The summed E-state index contributed by atoms with van der Waals surface area (Å²) in [4.78, 5) is 30.4. The molecule has 3 aromatic carbocycles. The number of quaternary nitrogens is 1. The van der Waals surface area contributed by atoms with Crippen LogP contribution < -0.4 is 20.4 Å². The first-order chi connectivity index (χ1) is 18.0. The van der Waals surface area contributed by atoms with Gasteiger partial charge in [-0.15, -0.1) is 0 Å². The van der Waals surface area contributed by atoms with Crippen LogP contribution in [0.3, 0.4) is 0 Å². The van der Waals surface area contributed by atoms with Gasteiger partial charge in [0, 0.05) is 29.1 Å². The lowest BCUT2D eigenvalue weighted by molar-refractivity contribution is -0.900. The largest absolute Gasteiger partial charge is 0.360 e. The zero-order chi connectivity index (χ0) is 25.6. The van der Waals surface area contributed by atoms with Crippen LogP contribution in [-0.4, -0.2) is 51.1 Å². The molecule has 190 valence electrons. The minimum atomic E-state index is -0.206. The van der Waals surface area contributed by atoms with E-state index in [0.29, 0.717) is 17.0 Å². The predicted octanol–water partition coefficient (Wildman–Crippen LogP) is 3.44. The SMILES string of the molecule is O=C1Nc2ccccc2SC1=Cc1ccc(C(=O)NCCC[NH+]2CCN(c3ccc(F)cc3)CC2)cc1. The molecule has 0 aromatic heterocycles. The highest BCUT2D eigenvalue weighted by atomic mass is 32.2. The van der Waals surface area contributed by atoms with E-state index in [4.69, 9.17) is 0 Å². The Hall–Kier alpha value is -3.62. The van der Waals surface area contributed by atoms with Gasteiger partial charge in [-0.05, 0) is 60.2 Å².